The normalized spacial score (nSPS) is 21.5. The lowest BCUT2D eigenvalue weighted by atomic mass is 10.0. The molecule has 0 unspecified atom stereocenters. The zero-order valence-corrected chi connectivity index (χ0v) is 20.1. The van der Waals surface area contributed by atoms with Crippen molar-refractivity contribution in [3.63, 3.8) is 0 Å². The number of aromatic nitrogens is 1. The van der Waals surface area contributed by atoms with Crippen LogP contribution in [0.4, 0.5) is 25.1 Å². The fourth-order valence-electron chi connectivity index (χ4n) is 4.10. The number of rotatable bonds is 5. The van der Waals surface area contributed by atoms with Crippen molar-refractivity contribution in [1.29, 1.82) is 0 Å². The van der Waals surface area contributed by atoms with Gasteiger partial charge in [0, 0.05) is 24.3 Å². The maximum Gasteiger partial charge on any atom is 0.406 e. The smallest absolute Gasteiger partial charge is 0.368 e. The van der Waals surface area contributed by atoms with E-state index in [1.54, 1.807) is 18.3 Å². The number of hydrogen-bond acceptors (Lipinski definition) is 8. The molecular formula is C22H24F2N4O6S. The largest absolute Gasteiger partial charge is 0.406 e. The van der Waals surface area contributed by atoms with Crippen LogP contribution in [0.25, 0.3) is 0 Å². The van der Waals surface area contributed by atoms with Crippen LogP contribution in [-0.4, -0.2) is 57.3 Å². The molecule has 2 aliphatic heterocycles. The molecule has 0 aliphatic carbocycles. The molecule has 1 saturated heterocycles. The SMILES string of the molecule is CC(C)Nc1cc(CN2C(=O)N(c3ccc4c(c3)C(O)(O)C(F)(F)S4(=O)=O)C(=O)C2(C)C)ccn1. The van der Waals surface area contributed by atoms with Crippen molar-refractivity contribution in [3.8, 4) is 0 Å². The molecule has 0 atom stereocenters. The standard InChI is InChI=1S/C22H24F2N4O6S/c1-12(2)26-17-9-13(7-8-25-17)11-27-19(30)28(18(29)20(27,3)4)14-5-6-16-15(10-14)21(31,32)22(23,24)35(16,33)34/h5-10,12,31-32H,11H2,1-4H3,(H,25,26). The minimum absolute atomic E-state index is 0.0185. The highest BCUT2D eigenvalue weighted by atomic mass is 32.2. The number of nitrogens with one attached hydrogen (secondary N) is 1. The van der Waals surface area contributed by atoms with Gasteiger partial charge in [-0.1, -0.05) is 0 Å². The summed E-state index contributed by atoms with van der Waals surface area (Å²) in [5, 5.41) is 18.2. The van der Waals surface area contributed by atoms with Gasteiger partial charge in [0.2, 0.25) is 9.84 Å². The first-order valence-corrected chi connectivity index (χ1v) is 12.1. The molecule has 1 aromatic heterocycles. The summed E-state index contributed by atoms with van der Waals surface area (Å²) in [5.41, 5.74) is -1.97. The van der Waals surface area contributed by atoms with Crippen LogP contribution in [0.15, 0.2) is 41.4 Å². The highest BCUT2D eigenvalue weighted by molar-refractivity contribution is 7.93. The second-order valence-corrected chi connectivity index (χ2v) is 11.2. The van der Waals surface area contributed by atoms with Gasteiger partial charge in [0.15, 0.2) is 0 Å². The van der Waals surface area contributed by atoms with E-state index in [1.165, 1.54) is 18.7 Å². The van der Waals surface area contributed by atoms with Gasteiger partial charge in [0.25, 0.3) is 11.7 Å². The number of urea groups is 1. The molecular weight excluding hydrogens is 486 g/mol. The van der Waals surface area contributed by atoms with Crippen LogP contribution in [0.2, 0.25) is 0 Å². The Balaban J connectivity index is 1.71. The number of alkyl halides is 2. The van der Waals surface area contributed by atoms with Crippen molar-refractivity contribution in [2.24, 2.45) is 0 Å². The van der Waals surface area contributed by atoms with Crippen LogP contribution < -0.4 is 10.2 Å². The van der Waals surface area contributed by atoms with E-state index in [1.807, 2.05) is 13.8 Å². The minimum Gasteiger partial charge on any atom is -0.368 e. The van der Waals surface area contributed by atoms with Gasteiger partial charge >= 0.3 is 11.3 Å². The Kier molecular flexibility index (Phi) is 5.47. The first kappa shape index (κ1) is 24.9. The van der Waals surface area contributed by atoms with E-state index in [9.17, 15) is 37.0 Å². The van der Waals surface area contributed by atoms with Gasteiger partial charge in [-0.2, -0.15) is 8.78 Å². The lowest BCUT2D eigenvalue weighted by Gasteiger charge is -2.27. The Bertz CT molecular complexity index is 1340. The van der Waals surface area contributed by atoms with Crippen LogP contribution in [0.5, 0.6) is 0 Å². The quantitative estimate of drug-likeness (QED) is 0.411. The van der Waals surface area contributed by atoms with Crippen LogP contribution in [0.3, 0.4) is 0 Å². The molecule has 35 heavy (non-hydrogen) atoms. The summed E-state index contributed by atoms with van der Waals surface area (Å²) in [6.45, 7) is 6.91. The Morgan fingerprint density at radius 3 is 2.40 bits per heavy atom. The molecule has 188 valence electrons. The third kappa shape index (κ3) is 3.48. The predicted molar refractivity (Wildman–Crippen MR) is 120 cm³/mol. The van der Waals surface area contributed by atoms with E-state index < -0.39 is 48.8 Å². The zero-order valence-electron chi connectivity index (χ0n) is 19.3. The molecule has 13 heteroatoms. The van der Waals surface area contributed by atoms with E-state index in [4.69, 9.17) is 0 Å². The highest BCUT2D eigenvalue weighted by Crippen LogP contribution is 2.52. The first-order chi connectivity index (χ1) is 16.0. The topological polar surface area (TPSA) is 140 Å². The summed E-state index contributed by atoms with van der Waals surface area (Å²) < 4.78 is 52.7. The fraction of sp³-hybridized carbons (Fsp3) is 0.409. The number of nitrogens with zero attached hydrogens (tertiary/aromatic N) is 3. The van der Waals surface area contributed by atoms with Crippen molar-refractivity contribution in [3.05, 3.63) is 47.7 Å². The summed E-state index contributed by atoms with van der Waals surface area (Å²) >= 11 is 0. The van der Waals surface area contributed by atoms with E-state index in [2.05, 4.69) is 10.3 Å². The van der Waals surface area contributed by atoms with Crippen LogP contribution >= 0.6 is 0 Å². The Morgan fingerprint density at radius 1 is 1.11 bits per heavy atom. The summed E-state index contributed by atoms with van der Waals surface area (Å²) in [7, 11) is -5.39. The van der Waals surface area contributed by atoms with Gasteiger partial charge in [-0.15, -0.1) is 0 Å². The molecule has 3 N–H and O–H groups in total. The summed E-state index contributed by atoms with van der Waals surface area (Å²) in [4.78, 5) is 31.7. The Labute approximate surface area is 200 Å². The van der Waals surface area contributed by atoms with Gasteiger partial charge in [-0.05, 0) is 63.6 Å². The molecule has 3 heterocycles. The number of hydrogen-bond donors (Lipinski definition) is 3. The third-order valence-corrected chi connectivity index (χ3v) is 7.95. The number of imide groups is 1. The molecule has 0 bridgehead atoms. The second kappa shape index (κ2) is 7.67. The number of carbonyl (C=O) groups is 2. The maximum atomic E-state index is 14.2. The molecule has 1 aromatic carbocycles. The number of pyridine rings is 1. The van der Waals surface area contributed by atoms with E-state index in [0.29, 0.717) is 22.3 Å². The molecule has 0 radical (unpaired) electrons. The highest BCUT2D eigenvalue weighted by Gasteiger charge is 2.70. The average Bonchev–Trinajstić information content (AvgIpc) is 2.98. The lowest BCUT2D eigenvalue weighted by molar-refractivity contribution is -0.264. The van der Waals surface area contributed by atoms with Crippen molar-refractivity contribution < 1.29 is 37.0 Å². The van der Waals surface area contributed by atoms with Gasteiger partial charge in [0.05, 0.1) is 10.6 Å². The van der Waals surface area contributed by atoms with Crippen LogP contribution in [0.1, 0.15) is 38.8 Å². The van der Waals surface area contributed by atoms with Crippen LogP contribution in [-0.2, 0) is 27.0 Å². The number of aliphatic hydroxyl groups is 2. The van der Waals surface area contributed by atoms with Crippen molar-refractivity contribution in [2.45, 2.75) is 61.8 Å². The molecule has 2 aliphatic rings. The Morgan fingerprint density at radius 2 is 1.77 bits per heavy atom. The van der Waals surface area contributed by atoms with E-state index in [-0.39, 0.29) is 18.3 Å². The molecule has 0 saturated carbocycles. The lowest BCUT2D eigenvalue weighted by Crippen LogP contribution is -2.44. The molecule has 4 rings (SSSR count). The molecule has 3 amide bonds. The number of anilines is 2. The summed E-state index contributed by atoms with van der Waals surface area (Å²) in [6.07, 6.45) is 1.55. The first-order valence-electron chi connectivity index (χ1n) is 10.6. The van der Waals surface area contributed by atoms with Gasteiger partial charge in [0.1, 0.15) is 11.4 Å². The number of fused-ring (bicyclic) bond motifs is 1. The molecule has 2 aromatic rings. The van der Waals surface area contributed by atoms with Crippen molar-refractivity contribution in [2.75, 3.05) is 10.2 Å². The number of halogens is 2. The monoisotopic (exact) mass is 510 g/mol. The third-order valence-electron chi connectivity index (χ3n) is 6.05. The fourth-order valence-corrected chi connectivity index (χ4v) is 5.60. The predicted octanol–water partition coefficient (Wildman–Crippen LogP) is 2.17. The average molecular weight is 511 g/mol. The van der Waals surface area contributed by atoms with E-state index >= 15 is 0 Å². The molecule has 1 fully saturated rings. The second-order valence-electron chi connectivity index (χ2n) is 9.29. The summed E-state index contributed by atoms with van der Waals surface area (Å²) in [6, 6.07) is 5.16. The zero-order chi connectivity index (χ0) is 26.1. The number of amides is 3. The van der Waals surface area contributed by atoms with E-state index in [0.717, 1.165) is 12.1 Å². The Hall–Kier alpha value is -3.16. The van der Waals surface area contributed by atoms with Crippen molar-refractivity contribution in [1.82, 2.24) is 9.88 Å². The number of benzene rings is 1. The van der Waals surface area contributed by atoms with Crippen molar-refractivity contribution >= 4 is 33.3 Å². The summed E-state index contributed by atoms with van der Waals surface area (Å²) in [5.74, 6) is -4.16. The maximum absolute atomic E-state index is 14.2. The van der Waals surface area contributed by atoms with Gasteiger partial charge in [-0.25, -0.2) is 23.1 Å². The number of sulfone groups is 1. The van der Waals surface area contributed by atoms with Gasteiger partial charge in [-0.3, -0.25) is 4.79 Å². The molecule has 10 nitrogen and oxygen atoms in total. The van der Waals surface area contributed by atoms with Crippen LogP contribution in [0, 0.1) is 0 Å². The number of carbonyl (C=O) groups excluding carboxylic acids is 2. The molecule has 0 spiro atoms. The minimum atomic E-state index is -5.39. The van der Waals surface area contributed by atoms with Gasteiger partial charge < -0.3 is 20.4 Å².